The van der Waals surface area contributed by atoms with E-state index < -0.39 is 0 Å². The molecule has 0 aromatic carbocycles. The first-order chi connectivity index (χ1) is 9.19. The van der Waals surface area contributed by atoms with Gasteiger partial charge >= 0.3 is 6.03 Å². The molecule has 0 atom stereocenters. The van der Waals surface area contributed by atoms with Crippen LogP contribution >= 0.6 is 0 Å². The Labute approximate surface area is 112 Å². The lowest BCUT2D eigenvalue weighted by atomic mass is 10.4. The summed E-state index contributed by atoms with van der Waals surface area (Å²) in [7, 11) is 0. The maximum Gasteiger partial charge on any atom is 0.317 e. The number of hydrogen-bond donors (Lipinski definition) is 2. The van der Waals surface area contributed by atoms with Gasteiger partial charge in [0.25, 0.3) is 5.91 Å². The Morgan fingerprint density at radius 1 is 1.16 bits per heavy atom. The molecule has 1 aromatic heterocycles. The second kappa shape index (κ2) is 8.02. The van der Waals surface area contributed by atoms with E-state index in [0.717, 1.165) is 0 Å². The van der Waals surface area contributed by atoms with Gasteiger partial charge in [-0.3, -0.25) is 9.78 Å². The van der Waals surface area contributed by atoms with Crippen LogP contribution in [0.25, 0.3) is 0 Å². The molecule has 7 nitrogen and oxygen atoms in total. The topological polar surface area (TPSA) is 87.2 Å². The number of nitrogens with zero attached hydrogens (tertiary/aromatic N) is 3. The molecule has 1 aromatic rings. The average Bonchev–Trinajstić information content (AvgIpc) is 2.45. The molecule has 0 bridgehead atoms. The zero-order chi connectivity index (χ0) is 14.1. The van der Waals surface area contributed by atoms with Gasteiger partial charge in [0.2, 0.25) is 0 Å². The number of carbonyl (C=O) groups is 2. The highest BCUT2D eigenvalue weighted by atomic mass is 16.2. The molecule has 104 valence electrons. The van der Waals surface area contributed by atoms with Gasteiger partial charge in [-0.25, -0.2) is 9.78 Å². The van der Waals surface area contributed by atoms with Crippen LogP contribution in [-0.4, -0.2) is 53.0 Å². The monoisotopic (exact) mass is 265 g/mol. The molecule has 0 aliphatic rings. The van der Waals surface area contributed by atoms with E-state index in [-0.39, 0.29) is 17.6 Å². The second-order valence-electron chi connectivity index (χ2n) is 3.75. The average molecular weight is 265 g/mol. The lowest BCUT2D eigenvalue weighted by molar-refractivity contribution is 0.0948. The Morgan fingerprint density at radius 2 is 1.84 bits per heavy atom. The molecule has 0 radical (unpaired) electrons. The van der Waals surface area contributed by atoms with Gasteiger partial charge in [0.15, 0.2) is 0 Å². The van der Waals surface area contributed by atoms with Crippen molar-refractivity contribution >= 4 is 11.9 Å². The highest BCUT2D eigenvalue weighted by molar-refractivity contribution is 5.91. The molecule has 19 heavy (non-hydrogen) atoms. The first-order valence-corrected chi connectivity index (χ1v) is 6.26. The van der Waals surface area contributed by atoms with Crippen LogP contribution in [0.15, 0.2) is 18.6 Å². The fourth-order valence-electron chi connectivity index (χ4n) is 1.47. The van der Waals surface area contributed by atoms with E-state index in [1.54, 1.807) is 4.90 Å². The summed E-state index contributed by atoms with van der Waals surface area (Å²) in [5, 5.41) is 5.38. The van der Waals surface area contributed by atoms with Gasteiger partial charge in [-0.05, 0) is 13.8 Å². The van der Waals surface area contributed by atoms with E-state index in [9.17, 15) is 9.59 Å². The molecule has 0 spiro atoms. The molecule has 0 aliphatic carbocycles. The summed E-state index contributed by atoms with van der Waals surface area (Å²) in [5.74, 6) is -0.301. The summed E-state index contributed by atoms with van der Waals surface area (Å²) in [4.78, 5) is 32.6. The van der Waals surface area contributed by atoms with Gasteiger partial charge in [-0.15, -0.1) is 0 Å². The molecule has 0 saturated carbocycles. The summed E-state index contributed by atoms with van der Waals surface area (Å²) in [6.07, 6.45) is 4.35. The zero-order valence-corrected chi connectivity index (χ0v) is 11.2. The molecule has 0 unspecified atom stereocenters. The normalized spacial score (nSPS) is 9.79. The smallest absolute Gasteiger partial charge is 0.317 e. The fraction of sp³-hybridized carbons (Fsp3) is 0.500. The molecule has 0 aliphatic heterocycles. The van der Waals surface area contributed by atoms with Gasteiger partial charge in [0.1, 0.15) is 5.69 Å². The Kier molecular flexibility index (Phi) is 6.28. The van der Waals surface area contributed by atoms with Crippen LogP contribution < -0.4 is 10.6 Å². The number of aromatic nitrogens is 2. The lowest BCUT2D eigenvalue weighted by Gasteiger charge is -2.19. The summed E-state index contributed by atoms with van der Waals surface area (Å²) in [6, 6.07) is -0.126. The Balaban J connectivity index is 2.24. The maximum atomic E-state index is 11.6. The lowest BCUT2D eigenvalue weighted by Crippen LogP contribution is -2.42. The van der Waals surface area contributed by atoms with Crippen LogP contribution in [0.3, 0.4) is 0 Å². The van der Waals surface area contributed by atoms with E-state index in [1.165, 1.54) is 18.6 Å². The number of urea groups is 1. The summed E-state index contributed by atoms with van der Waals surface area (Å²) in [6.45, 7) is 5.88. The van der Waals surface area contributed by atoms with Crippen molar-refractivity contribution in [2.24, 2.45) is 0 Å². The Morgan fingerprint density at radius 3 is 2.42 bits per heavy atom. The van der Waals surface area contributed by atoms with Crippen LogP contribution in [-0.2, 0) is 0 Å². The van der Waals surface area contributed by atoms with Crippen LogP contribution in [0.5, 0.6) is 0 Å². The van der Waals surface area contributed by atoms with Crippen molar-refractivity contribution in [2.45, 2.75) is 13.8 Å². The van der Waals surface area contributed by atoms with Crippen molar-refractivity contribution < 1.29 is 9.59 Å². The van der Waals surface area contributed by atoms with Crippen molar-refractivity contribution in [2.75, 3.05) is 26.2 Å². The number of rotatable bonds is 6. The summed E-state index contributed by atoms with van der Waals surface area (Å²) < 4.78 is 0. The van der Waals surface area contributed by atoms with Crippen molar-refractivity contribution in [3.63, 3.8) is 0 Å². The van der Waals surface area contributed by atoms with E-state index in [4.69, 9.17) is 0 Å². The van der Waals surface area contributed by atoms with Crippen molar-refractivity contribution in [3.8, 4) is 0 Å². The molecular weight excluding hydrogens is 246 g/mol. The van der Waals surface area contributed by atoms with Gasteiger partial charge in [0, 0.05) is 38.6 Å². The third-order valence-corrected chi connectivity index (χ3v) is 2.53. The zero-order valence-electron chi connectivity index (χ0n) is 11.2. The van der Waals surface area contributed by atoms with Crippen molar-refractivity contribution in [1.29, 1.82) is 0 Å². The van der Waals surface area contributed by atoms with Gasteiger partial charge < -0.3 is 15.5 Å². The Bertz CT molecular complexity index is 406. The minimum atomic E-state index is -0.301. The molecule has 1 heterocycles. The van der Waals surface area contributed by atoms with Gasteiger partial charge in [-0.2, -0.15) is 0 Å². The molecule has 3 amide bonds. The number of hydrogen-bond acceptors (Lipinski definition) is 4. The summed E-state index contributed by atoms with van der Waals surface area (Å²) >= 11 is 0. The summed E-state index contributed by atoms with van der Waals surface area (Å²) in [5.41, 5.74) is 0.262. The first kappa shape index (κ1) is 14.9. The number of nitrogens with one attached hydrogen (secondary N) is 2. The van der Waals surface area contributed by atoms with Gasteiger partial charge in [-0.1, -0.05) is 0 Å². The SMILES string of the molecule is CCN(CC)C(=O)NCCNC(=O)c1cnccn1. The third kappa shape index (κ3) is 4.90. The van der Waals surface area contributed by atoms with Crippen LogP contribution in [0, 0.1) is 0 Å². The predicted molar refractivity (Wildman–Crippen MR) is 70.7 cm³/mol. The standard InChI is InChI=1S/C12H19N5O2/c1-3-17(4-2)12(19)16-8-7-15-11(18)10-9-13-5-6-14-10/h5-6,9H,3-4,7-8H2,1-2H3,(H,15,18)(H,16,19). The van der Waals surface area contributed by atoms with E-state index in [0.29, 0.717) is 26.2 Å². The minimum absolute atomic E-state index is 0.126. The van der Waals surface area contributed by atoms with Crippen LogP contribution in [0.2, 0.25) is 0 Å². The second-order valence-corrected chi connectivity index (χ2v) is 3.75. The van der Waals surface area contributed by atoms with E-state index >= 15 is 0 Å². The van der Waals surface area contributed by atoms with E-state index in [2.05, 4.69) is 20.6 Å². The fourth-order valence-corrected chi connectivity index (χ4v) is 1.47. The molecule has 7 heteroatoms. The molecule has 0 fully saturated rings. The quantitative estimate of drug-likeness (QED) is 0.722. The van der Waals surface area contributed by atoms with Crippen molar-refractivity contribution in [3.05, 3.63) is 24.3 Å². The molecule has 0 saturated heterocycles. The molecular formula is C12H19N5O2. The predicted octanol–water partition coefficient (Wildman–Crippen LogP) is 0.258. The maximum absolute atomic E-state index is 11.6. The van der Waals surface area contributed by atoms with Gasteiger partial charge in [0.05, 0.1) is 6.20 Å². The highest BCUT2D eigenvalue weighted by Gasteiger charge is 2.09. The van der Waals surface area contributed by atoms with Crippen LogP contribution in [0.1, 0.15) is 24.3 Å². The number of amides is 3. The molecule has 1 rings (SSSR count). The van der Waals surface area contributed by atoms with Crippen LogP contribution in [0.4, 0.5) is 4.79 Å². The molecule has 2 N–H and O–H groups in total. The van der Waals surface area contributed by atoms with E-state index in [1.807, 2.05) is 13.8 Å². The number of carbonyl (C=O) groups excluding carboxylic acids is 2. The largest absolute Gasteiger partial charge is 0.349 e. The third-order valence-electron chi connectivity index (χ3n) is 2.53. The Hall–Kier alpha value is -2.18. The van der Waals surface area contributed by atoms with Crippen molar-refractivity contribution in [1.82, 2.24) is 25.5 Å². The first-order valence-electron chi connectivity index (χ1n) is 6.26. The minimum Gasteiger partial charge on any atom is -0.349 e. The highest BCUT2D eigenvalue weighted by Crippen LogP contribution is 1.89.